The molecule has 3 rings (SSSR count). The highest BCUT2D eigenvalue weighted by molar-refractivity contribution is 6.22. The number of hydrogen-bond acceptors (Lipinski definition) is 1. The molecule has 5 heteroatoms. The lowest BCUT2D eigenvalue weighted by Crippen LogP contribution is -2.24. The lowest BCUT2D eigenvalue weighted by Gasteiger charge is -2.20. The van der Waals surface area contributed by atoms with Gasteiger partial charge < -0.3 is 0 Å². The number of allylic oxidation sites excluding steroid dienone is 1. The van der Waals surface area contributed by atoms with E-state index in [1.165, 1.54) is 0 Å². The predicted molar refractivity (Wildman–Crippen MR) is 77.8 cm³/mol. The second kappa shape index (κ2) is 5.33. The fraction of sp³-hybridized carbons (Fsp3) is 0.118. The summed E-state index contributed by atoms with van der Waals surface area (Å²) < 4.78 is 41.2. The maximum absolute atomic E-state index is 14.1. The summed E-state index contributed by atoms with van der Waals surface area (Å²) in [4.78, 5) is 13.5. The van der Waals surface area contributed by atoms with Gasteiger partial charge in [0.15, 0.2) is 11.6 Å². The second-order valence-corrected chi connectivity index (χ2v) is 4.90. The Morgan fingerprint density at radius 2 is 1.64 bits per heavy atom. The average Bonchev–Trinajstić information content (AvgIpc) is 2.73. The van der Waals surface area contributed by atoms with Crippen LogP contribution in [0.25, 0.3) is 5.70 Å². The van der Waals surface area contributed by atoms with E-state index in [1.807, 2.05) is 6.92 Å². The average molecular weight is 303 g/mol. The molecule has 1 heterocycles. The predicted octanol–water partition coefficient (Wildman–Crippen LogP) is 4.52. The molecule has 0 aromatic heterocycles. The van der Waals surface area contributed by atoms with E-state index in [4.69, 9.17) is 0 Å². The van der Waals surface area contributed by atoms with Crippen molar-refractivity contribution in [2.24, 2.45) is 0 Å². The first-order valence-electron chi connectivity index (χ1n) is 6.83. The van der Waals surface area contributed by atoms with Crippen LogP contribution in [0.5, 0.6) is 0 Å². The fourth-order valence-corrected chi connectivity index (χ4v) is 2.61. The molecule has 0 saturated heterocycles. The molecule has 0 atom stereocenters. The van der Waals surface area contributed by atoms with Crippen molar-refractivity contribution in [2.45, 2.75) is 13.3 Å². The molecule has 0 spiro atoms. The summed E-state index contributed by atoms with van der Waals surface area (Å²) in [7, 11) is 0. The molecular weight excluding hydrogens is 291 g/mol. The van der Waals surface area contributed by atoms with Crippen molar-refractivity contribution in [3.05, 3.63) is 71.1 Å². The first kappa shape index (κ1) is 14.4. The molecule has 2 aromatic carbocycles. The Bertz CT molecular complexity index is 775. The minimum Gasteiger partial charge on any atom is -0.271 e. The first-order chi connectivity index (χ1) is 10.5. The number of fused-ring (bicyclic) bond motifs is 1. The van der Waals surface area contributed by atoms with Gasteiger partial charge in [-0.25, -0.2) is 13.2 Å². The van der Waals surface area contributed by atoms with Crippen molar-refractivity contribution < 1.29 is 18.0 Å². The van der Waals surface area contributed by atoms with Crippen LogP contribution in [0, 0.1) is 17.5 Å². The maximum Gasteiger partial charge on any atom is 0.263 e. The molecule has 0 N–H and O–H groups in total. The Kier molecular flexibility index (Phi) is 3.48. The van der Waals surface area contributed by atoms with Gasteiger partial charge in [0.2, 0.25) is 0 Å². The van der Waals surface area contributed by atoms with Gasteiger partial charge in [-0.15, -0.1) is 0 Å². The monoisotopic (exact) mass is 303 g/mol. The van der Waals surface area contributed by atoms with Crippen LogP contribution in [-0.4, -0.2) is 5.91 Å². The van der Waals surface area contributed by atoms with Crippen LogP contribution in [-0.2, 0) is 0 Å². The van der Waals surface area contributed by atoms with E-state index >= 15 is 0 Å². The molecule has 1 aliphatic heterocycles. The molecule has 0 radical (unpaired) electrons. The molecule has 2 aromatic rings. The van der Waals surface area contributed by atoms with Gasteiger partial charge in [0.25, 0.3) is 5.91 Å². The molecule has 22 heavy (non-hydrogen) atoms. The van der Waals surface area contributed by atoms with E-state index < -0.39 is 29.0 Å². The van der Waals surface area contributed by atoms with Gasteiger partial charge in [0.1, 0.15) is 11.5 Å². The quantitative estimate of drug-likeness (QED) is 0.799. The topological polar surface area (TPSA) is 20.3 Å². The van der Waals surface area contributed by atoms with Crippen molar-refractivity contribution in [3.8, 4) is 0 Å². The Morgan fingerprint density at radius 3 is 2.23 bits per heavy atom. The highest BCUT2D eigenvalue weighted by Crippen LogP contribution is 2.39. The third kappa shape index (κ3) is 2.09. The number of benzene rings is 2. The lowest BCUT2D eigenvalue weighted by atomic mass is 10.1. The smallest absolute Gasteiger partial charge is 0.263 e. The third-order valence-corrected chi connectivity index (χ3v) is 3.48. The summed E-state index contributed by atoms with van der Waals surface area (Å²) in [6.45, 7) is 1.86. The van der Waals surface area contributed by atoms with Crippen LogP contribution < -0.4 is 4.90 Å². The summed E-state index contributed by atoms with van der Waals surface area (Å²) >= 11 is 0. The molecule has 0 bridgehead atoms. The highest BCUT2D eigenvalue weighted by Gasteiger charge is 2.36. The van der Waals surface area contributed by atoms with Gasteiger partial charge in [0.05, 0.1) is 5.70 Å². The first-order valence-corrected chi connectivity index (χ1v) is 6.83. The summed E-state index contributed by atoms with van der Waals surface area (Å²) in [5.41, 5.74) is 0.831. The van der Waals surface area contributed by atoms with Gasteiger partial charge in [-0.3, -0.25) is 9.69 Å². The molecule has 0 fully saturated rings. The third-order valence-electron chi connectivity index (χ3n) is 3.48. The van der Waals surface area contributed by atoms with Crippen LogP contribution >= 0.6 is 0 Å². The normalized spacial score (nSPS) is 15.5. The highest BCUT2D eigenvalue weighted by atomic mass is 19.1. The van der Waals surface area contributed by atoms with Gasteiger partial charge in [-0.1, -0.05) is 31.2 Å². The second-order valence-electron chi connectivity index (χ2n) is 4.90. The summed E-state index contributed by atoms with van der Waals surface area (Å²) in [6, 6.07) is 7.88. The molecule has 1 amide bonds. The zero-order valence-electron chi connectivity index (χ0n) is 11.7. The van der Waals surface area contributed by atoms with Crippen molar-refractivity contribution in [1.82, 2.24) is 0 Å². The number of hydrogen-bond donors (Lipinski definition) is 0. The maximum atomic E-state index is 14.1. The van der Waals surface area contributed by atoms with E-state index in [9.17, 15) is 18.0 Å². The Morgan fingerprint density at radius 1 is 1.05 bits per heavy atom. The van der Waals surface area contributed by atoms with Crippen LogP contribution in [0.2, 0.25) is 0 Å². The number of carbonyl (C=O) groups excluding carboxylic acids is 1. The number of carbonyl (C=O) groups is 1. The zero-order chi connectivity index (χ0) is 15.9. The number of rotatable bonds is 2. The summed E-state index contributed by atoms with van der Waals surface area (Å²) in [5.74, 6) is -3.77. The molecular formula is C17H12F3NO. The number of nitrogens with zero attached hydrogens (tertiary/aromatic N) is 1. The van der Waals surface area contributed by atoms with Crippen LogP contribution in [0.15, 0.2) is 42.5 Å². The Balaban J connectivity index is 2.24. The van der Waals surface area contributed by atoms with Crippen LogP contribution in [0.3, 0.4) is 0 Å². The molecule has 2 nitrogen and oxygen atoms in total. The van der Waals surface area contributed by atoms with Crippen LogP contribution in [0.4, 0.5) is 18.9 Å². The van der Waals surface area contributed by atoms with E-state index in [0.717, 1.165) is 4.90 Å². The summed E-state index contributed by atoms with van der Waals surface area (Å²) in [6.07, 6.45) is 2.30. The lowest BCUT2D eigenvalue weighted by molar-refractivity contribution is 0.100. The van der Waals surface area contributed by atoms with Gasteiger partial charge in [0, 0.05) is 23.3 Å². The zero-order valence-corrected chi connectivity index (χ0v) is 11.7. The number of amides is 1. The SMILES string of the molecule is CC/C=C1\c2ccccc2C(=O)N1c1c(F)cc(F)cc1F. The molecule has 112 valence electrons. The molecule has 1 aliphatic rings. The number of anilines is 1. The van der Waals surface area contributed by atoms with Gasteiger partial charge in [-0.2, -0.15) is 0 Å². The van der Waals surface area contributed by atoms with E-state index in [1.54, 1.807) is 30.3 Å². The standard InChI is InChI=1S/C17H12F3NO/c1-2-5-15-11-6-3-4-7-12(11)17(22)21(15)16-13(19)8-10(18)9-14(16)20/h3-9H,2H2,1H3/b15-5+. The number of halogens is 3. The van der Waals surface area contributed by atoms with Crippen LogP contribution in [0.1, 0.15) is 29.3 Å². The van der Waals surface area contributed by atoms with Gasteiger partial charge >= 0.3 is 0 Å². The van der Waals surface area contributed by atoms with Gasteiger partial charge in [-0.05, 0) is 12.5 Å². The van der Waals surface area contributed by atoms with Crippen molar-refractivity contribution in [1.29, 1.82) is 0 Å². The minimum atomic E-state index is -1.11. The summed E-state index contributed by atoms with van der Waals surface area (Å²) in [5, 5.41) is 0. The van der Waals surface area contributed by atoms with E-state index in [2.05, 4.69) is 0 Å². The molecule has 0 saturated carbocycles. The Hall–Kier alpha value is -2.56. The van der Waals surface area contributed by atoms with Crippen molar-refractivity contribution in [2.75, 3.05) is 4.90 Å². The van der Waals surface area contributed by atoms with Crippen molar-refractivity contribution in [3.63, 3.8) is 0 Å². The minimum absolute atomic E-state index is 0.366. The van der Waals surface area contributed by atoms with E-state index in [-0.39, 0.29) is 0 Å². The largest absolute Gasteiger partial charge is 0.271 e. The van der Waals surface area contributed by atoms with E-state index in [0.29, 0.717) is 35.4 Å². The fourth-order valence-electron chi connectivity index (χ4n) is 2.61. The van der Waals surface area contributed by atoms with Crippen molar-refractivity contribution >= 4 is 17.3 Å². The Labute approximate surface area is 125 Å². The molecule has 0 aliphatic carbocycles. The molecule has 0 unspecified atom stereocenters.